The van der Waals surface area contributed by atoms with Gasteiger partial charge in [-0.3, -0.25) is 20.1 Å². The number of aryl methyl sites for hydroxylation is 1. The molecule has 0 bridgehead atoms. The van der Waals surface area contributed by atoms with Gasteiger partial charge in [0.25, 0.3) is 5.91 Å². The quantitative estimate of drug-likeness (QED) is 0.686. The first-order valence-corrected chi connectivity index (χ1v) is 9.57. The minimum atomic E-state index is -0.299. The van der Waals surface area contributed by atoms with Gasteiger partial charge in [0.2, 0.25) is 5.13 Å². The minimum Gasteiger partial charge on any atom is -0.494 e. The van der Waals surface area contributed by atoms with Crippen LogP contribution in [-0.4, -0.2) is 33.2 Å². The Morgan fingerprint density at radius 1 is 1.29 bits per heavy atom. The summed E-state index contributed by atoms with van der Waals surface area (Å²) in [4.78, 5) is 21.3. The van der Waals surface area contributed by atoms with Crippen LogP contribution < -0.4 is 10.1 Å². The fourth-order valence-electron chi connectivity index (χ4n) is 2.61. The summed E-state index contributed by atoms with van der Waals surface area (Å²) in [6.45, 7) is 1.88. The lowest BCUT2D eigenvalue weighted by Crippen LogP contribution is -2.13. The Balaban J connectivity index is 1.61. The van der Waals surface area contributed by atoms with Crippen molar-refractivity contribution in [2.45, 2.75) is 19.8 Å². The first kappa shape index (κ1) is 18.1. The van der Waals surface area contributed by atoms with Gasteiger partial charge in [0.15, 0.2) is 5.01 Å². The van der Waals surface area contributed by atoms with Gasteiger partial charge < -0.3 is 4.74 Å². The molecule has 0 saturated heterocycles. The number of hydrogen-bond donors (Lipinski definition) is 1. The highest BCUT2D eigenvalue weighted by Crippen LogP contribution is 2.32. The zero-order chi connectivity index (χ0) is 19.5. The zero-order valence-electron chi connectivity index (χ0n) is 15.4. The first-order chi connectivity index (χ1) is 13.6. The van der Waals surface area contributed by atoms with Crippen molar-refractivity contribution in [3.63, 3.8) is 0 Å². The van der Waals surface area contributed by atoms with Gasteiger partial charge >= 0.3 is 0 Å². The van der Waals surface area contributed by atoms with Crippen molar-refractivity contribution in [2.75, 3.05) is 12.4 Å². The lowest BCUT2D eigenvalue weighted by Gasteiger charge is -2.12. The molecule has 0 unspecified atom stereocenters. The van der Waals surface area contributed by atoms with Crippen LogP contribution in [0.4, 0.5) is 5.13 Å². The Bertz CT molecular complexity index is 1100. The summed E-state index contributed by atoms with van der Waals surface area (Å²) in [7, 11) is 1.57. The summed E-state index contributed by atoms with van der Waals surface area (Å²) in [6.07, 6.45) is 7.15. The third kappa shape index (κ3) is 4.00. The molecule has 0 aliphatic heterocycles. The standard InChI is InChI=1S/C20H17N5O2S/c1-12-9-15(17(27-2)11-22-12)16-10-21-8-7-14(16)19(26)23-20-25-24-18(28-20)6-5-13-3-4-13/h7-11,13H,3-4H2,1-2H3,(H,23,25,26). The Morgan fingerprint density at radius 2 is 2.14 bits per heavy atom. The van der Waals surface area contributed by atoms with Gasteiger partial charge in [-0.2, -0.15) is 0 Å². The number of rotatable bonds is 4. The van der Waals surface area contributed by atoms with Gasteiger partial charge in [-0.1, -0.05) is 17.3 Å². The van der Waals surface area contributed by atoms with Gasteiger partial charge in [-0.05, 0) is 37.8 Å². The average Bonchev–Trinajstić information content (AvgIpc) is 3.44. The van der Waals surface area contributed by atoms with Crippen molar-refractivity contribution in [1.82, 2.24) is 20.2 Å². The summed E-state index contributed by atoms with van der Waals surface area (Å²) in [5.74, 6) is 6.90. The molecule has 8 heteroatoms. The Labute approximate surface area is 166 Å². The van der Waals surface area contributed by atoms with Crippen LogP contribution in [0.25, 0.3) is 11.1 Å². The second kappa shape index (κ2) is 7.74. The number of carbonyl (C=O) groups excluding carboxylic acids is 1. The molecule has 4 rings (SSSR count). The van der Waals surface area contributed by atoms with Crippen LogP contribution in [0.15, 0.2) is 30.7 Å². The predicted octanol–water partition coefficient (Wildman–Crippen LogP) is 3.33. The topological polar surface area (TPSA) is 89.9 Å². The van der Waals surface area contributed by atoms with Gasteiger partial charge in [0.05, 0.1) is 18.9 Å². The van der Waals surface area contributed by atoms with Crippen LogP contribution in [-0.2, 0) is 0 Å². The second-order valence-electron chi connectivity index (χ2n) is 6.36. The van der Waals surface area contributed by atoms with E-state index in [1.807, 2.05) is 13.0 Å². The molecule has 3 heterocycles. The van der Waals surface area contributed by atoms with Crippen molar-refractivity contribution in [2.24, 2.45) is 5.92 Å². The fraction of sp³-hybridized carbons (Fsp3) is 0.250. The minimum absolute atomic E-state index is 0.299. The molecule has 1 fully saturated rings. The number of amides is 1. The molecule has 28 heavy (non-hydrogen) atoms. The van der Waals surface area contributed by atoms with E-state index in [0.717, 1.165) is 24.1 Å². The molecule has 3 aromatic rings. The normalized spacial score (nSPS) is 12.8. The molecule has 1 amide bonds. The van der Waals surface area contributed by atoms with E-state index in [4.69, 9.17) is 4.74 Å². The Morgan fingerprint density at radius 3 is 2.93 bits per heavy atom. The number of methoxy groups -OCH3 is 1. The van der Waals surface area contributed by atoms with Gasteiger partial charge in [-0.15, -0.1) is 10.2 Å². The van der Waals surface area contributed by atoms with Gasteiger partial charge in [0, 0.05) is 35.1 Å². The van der Waals surface area contributed by atoms with Gasteiger partial charge in [-0.25, -0.2) is 0 Å². The second-order valence-corrected chi connectivity index (χ2v) is 7.33. The molecule has 1 aliphatic rings. The third-order valence-electron chi connectivity index (χ3n) is 4.19. The van der Waals surface area contributed by atoms with E-state index in [2.05, 4.69) is 37.3 Å². The number of carbonyl (C=O) groups is 1. The highest BCUT2D eigenvalue weighted by molar-refractivity contribution is 7.15. The monoisotopic (exact) mass is 391 g/mol. The fourth-order valence-corrected chi connectivity index (χ4v) is 3.21. The number of aromatic nitrogens is 4. The summed E-state index contributed by atoms with van der Waals surface area (Å²) >= 11 is 1.26. The Kier molecular flexibility index (Phi) is 5.00. The van der Waals surface area contributed by atoms with Crippen LogP contribution in [0.1, 0.15) is 33.9 Å². The Hall–Kier alpha value is -3.31. The molecule has 0 spiro atoms. The molecule has 7 nitrogen and oxygen atoms in total. The lowest BCUT2D eigenvalue weighted by molar-refractivity contribution is 0.102. The van der Waals surface area contributed by atoms with E-state index in [1.54, 1.807) is 31.8 Å². The number of hydrogen-bond acceptors (Lipinski definition) is 7. The summed E-state index contributed by atoms with van der Waals surface area (Å²) in [5, 5.41) is 11.8. The van der Waals surface area contributed by atoms with Crippen molar-refractivity contribution >= 4 is 22.4 Å². The molecular weight excluding hydrogens is 374 g/mol. The molecule has 1 aliphatic carbocycles. The maximum absolute atomic E-state index is 12.9. The molecule has 1 N–H and O–H groups in total. The van der Waals surface area contributed by atoms with Crippen molar-refractivity contribution in [3.8, 4) is 28.7 Å². The average molecular weight is 391 g/mol. The molecule has 1 saturated carbocycles. The van der Waals surface area contributed by atoms with Crippen LogP contribution in [0.3, 0.4) is 0 Å². The number of nitrogens with zero attached hydrogens (tertiary/aromatic N) is 4. The van der Waals surface area contributed by atoms with Crippen LogP contribution in [0.5, 0.6) is 5.75 Å². The molecule has 140 valence electrons. The smallest absolute Gasteiger partial charge is 0.258 e. The van der Waals surface area contributed by atoms with Crippen molar-refractivity contribution in [3.05, 3.63) is 47.0 Å². The largest absolute Gasteiger partial charge is 0.494 e. The highest BCUT2D eigenvalue weighted by atomic mass is 32.1. The summed E-state index contributed by atoms with van der Waals surface area (Å²) in [6, 6.07) is 3.53. The number of pyridine rings is 2. The highest BCUT2D eigenvalue weighted by Gasteiger charge is 2.19. The lowest BCUT2D eigenvalue weighted by atomic mass is 10.0. The van der Waals surface area contributed by atoms with E-state index >= 15 is 0 Å². The van der Waals surface area contributed by atoms with Crippen molar-refractivity contribution < 1.29 is 9.53 Å². The van der Waals surface area contributed by atoms with E-state index in [0.29, 0.717) is 32.9 Å². The van der Waals surface area contributed by atoms with E-state index < -0.39 is 0 Å². The van der Waals surface area contributed by atoms with Gasteiger partial charge in [0.1, 0.15) is 5.75 Å². The third-order valence-corrected chi connectivity index (χ3v) is 4.94. The number of nitrogens with one attached hydrogen (secondary N) is 1. The maximum Gasteiger partial charge on any atom is 0.258 e. The SMILES string of the molecule is COc1cnc(C)cc1-c1cnccc1C(=O)Nc1nnc(C#CC2CC2)s1. The summed E-state index contributed by atoms with van der Waals surface area (Å²) < 4.78 is 5.40. The van der Waals surface area contributed by atoms with Crippen LogP contribution in [0.2, 0.25) is 0 Å². The molecule has 3 aromatic heterocycles. The van der Waals surface area contributed by atoms with E-state index in [-0.39, 0.29) is 5.91 Å². The summed E-state index contributed by atoms with van der Waals surface area (Å²) in [5.41, 5.74) is 2.68. The predicted molar refractivity (Wildman–Crippen MR) is 106 cm³/mol. The molecule has 0 radical (unpaired) electrons. The molecular formula is C20H17N5O2S. The van der Waals surface area contributed by atoms with Crippen LogP contribution in [0, 0.1) is 24.7 Å². The molecule has 0 atom stereocenters. The van der Waals surface area contributed by atoms with E-state index in [1.165, 1.54) is 11.3 Å². The van der Waals surface area contributed by atoms with E-state index in [9.17, 15) is 4.79 Å². The molecule has 0 aromatic carbocycles. The first-order valence-electron chi connectivity index (χ1n) is 8.75. The van der Waals surface area contributed by atoms with Crippen molar-refractivity contribution in [1.29, 1.82) is 0 Å². The number of ether oxygens (including phenoxy) is 1. The van der Waals surface area contributed by atoms with Crippen LogP contribution >= 0.6 is 11.3 Å². The number of anilines is 1. The maximum atomic E-state index is 12.9. The zero-order valence-corrected chi connectivity index (χ0v) is 16.2.